The van der Waals surface area contributed by atoms with Crippen molar-refractivity contribution in [1.82, 2.24) is 10.2 Å². The van der Waals surface area contributed by atoms with Gasteiger partial charge in [0, 0.05) is 0 Å². The number of rotatable bonds is 4. The van der Waals surface area contributed by atoms with Crippen molar-refractivity contribution in [1.29, 1.82) is 0 Å². The van der Waals surface area contributed by atoms with E-state index in [2.05, 4.69) is 29.3 Å². The summed E-state index contributed by atoms with van der Waals surface area (Å²) in [7, 11) is 0. The molecule has 1 unspecified atom stereocenters. The number of aryl methyl sites for hydroxylation is 1. The molecule has 0 aliphatic rings. The largest absolute Gasteiger partial charge is 0.423 e. The molecule has 1 heterocycles. The molecule has 0 spiro atoms. The molecule has 1 atom stereocenters. The van der Waals surface area contributed by atoms with Crippen LogP contribution in [0.1, 0.15) is 34.5 Å². The molecular formula is C17H17N3O. The number of hydrogen-bond acceptors (Lipinski definition) is 4. The SMILES string of the molecule is Cc1ccccc1Cc1nnc(C(N)c2ccccc2)o1. The van der Waals surface area contributed by atoms with E-state index in [-0.39, 0.29) is 6.04 Å². The van der Waals surface area contributed by atoms with Crippen LogP contribution in [0, 0.1) is 6.92 Å². The third-order valence-corrected chi connectivity index (χ3v) is 3.51. The molecule has 21 heavy (non-hydrogen) atoms. The Labute approximate surface area is 123 Å². The van der Waals surface area contributed by atoms with Crippen LogP contribution in [0.2, 0.25) is 0 Å². The molecule has 2 N–H and O–H groups in total. The van der Waals surface area contributed by atoms with Gasteiger partial charge in [-0.15, -0.1) is 10.2 Å². The summed E-state index contributed by atoms with van der Waals surface area (Å²) in [4.78, 5) is 0. The average Bonchev–Trinajstić information content (AvgIpc) is 2.98. The predicted molar refractivity (Wildman–Crippen MR) is 80.8 cm³/mol. The van der Waals surface area contributed by atoms with Crippen LogP contribution in [0.15, 0.2) is 59.0 Å². The number of nitrogens with two attached hydrogens (primary N) is 1. The van der Waals surface area contributed by atoms with E-state index >= 15 is 0 Å². The first-order chi connectivity index (χ1) is 10.2. The van der Waals surface area contributed by atoms with Crippen LogP contribution in [0.25, 0.3) is 0 Å². The Hall–Kier alpha value is -2.46. The molecule has 4 nitrogen and oxygen atoms in total. The molecule has 3 rings (SSSR count). The van der Waals surface area contributed by atoms with E-state index in [1.807, 2.05) is 42.5 Å². The van der Waals surface area contributed by atoms with E-state index in [1.54, 1.807) is 0 Å². The van der Waals surface area contributed by atoms with Crippen LogP contribution >= 0.6 is 0 Å². The molecule has 0 radical (unpaired) electrons. The zero-order valence-electron chi connectivity index (χ0n) is 11.9. The molecule has 3 aromatic rings. The molecule has 1 aromatic heterocycles. The normalized spacial score (nSPS) is 12.3. The summed E-state index contributed by atoms with van der Waals surface area (Å²) >= 11 is 0. The van der Waals surface area contributed by atoms with Crippen molar-refractivity contribution in [2.24, 2.45) is 5.73 Å². The van der Waals surface area contributed by atoms with Gasteiger partial charge in [0.15, 0.2) is 0 Å². The third kappa shape index (κ3) is 3.01. The van der Waals surface area contributed by atoms with Gasteiger partial charge in [-0.2, -0.15) is 0 Å². The fourth-order valence-electron chi connectivity index (χ4n) is 2.24. The summed E-state index contributed by atoms with van der Waals surface area (Å²) in [6.07, 6.45) is 0.626. The molecule has 0 bridgehead atoms. The molecule has 2 aromatic carbocycles. The first-order valence-corrected chi connectivity index (χ1v) is 6.91. The van der Waals surface area contributed by atoms with Gasteiger partial charge in [-0.25, -0.2) is 0 Å². The van der Waals surface area contributed by atoms with Gasteiger partial charge < -0.3 is 10.2 Å². The minimum atomic E-state index is -0.385. The molecule has 106 valence electrons. The maximum absolute atomic E-state index is 6.16. The Morgan fingerprint density at radius 1 is 1.00 bits per heavy atom. The Morgan fingerprint density at radius 2 is 1.71 bits per heavy atom. The second-order valence-corrected chi connectivity index (χ2v) is 5.03. The van der Waals surface area contributed by atoms with Crippen molar-refractivity contribution in [2.75, 3.05) is 0 Å². The summed E-state index contributed by atoms with van der Waals surface area (Å²) < 4.78 is 5.71. The summed E-state index contributed by atoms with van der Waals surface area (Å²) in [5.41, 5.74) is 9.51. The topological polar surface area (TPSA) is 64.9 Å². The number of hydrogen-bond donors (Lipinski definition) is 1. The second kappa shape index (κ2) is 5.89. The lowest BCUT2D eigenvalue weighted by Crippen LogP contribution is -2.11. The van der Waals surface area contributed by atoms with Gasteiger partial charge in [-0.05, 0) is 23.6 Å². The molecule has 0 fully saturated rings. The van der Waals surface area contributed by atoms with Crippen LogP contribution < -0.4 is 5.73 Å². The van der Waals surface area contributed by atoms with E-state index < -0.39 is 0 Å². The smallest absolute Gasteiger partial charge is 0.237 e. The van der Waals surface area contributed by atoms with Gasteiger partial charge in [0.1, 0.15) is 6.04 Å². The molecule has 0 saturated carbocycles. The Kier molecular flexibility index (Phi) is 3.79. The highest BCUT2D eigenvalue weighted by molar-refractivity contribution is 5.28. The molecule has 0 saturated heterocycles. The lowest BCUT2D eigenvalue weighted by molar-refractivity contribution is 0.441. The Bertz CT molecular complexity index is 722. The summed E-state index contributed by atoms with van der Waals surface area (Å²) in [5.74, 6) is 1.04. The zero-order chi connectivity index (χ0) is 14.7. The van der Waals surface area contributed by atoms with E-state index in [1.165, 1.54) is 11.1 Å². The quantitative estimate of drug-likeness (QED) is 0.797. The van der Waals surface area contributed by atoms with E-state index in [9.17, 15) is 0 Å². The van der Waals surface area contributed by atoms with Crippen LogP contribution in [-0.4, -0.2) is 10.2 Å². The Morgan fingerprint density at radius 3 is 2.48 bits per heavy atom. The first-order valence-electron chi connectivity index (χ1n) is 6.91. The predicted octanol–water partition coefficient (Wildman–Crippen LogP) is 3.02. The van der Waals surface area contributed by atoms with Crippen molar-refractivity contribution in [3.05, 3.63) is 83.1 Å². The van der Waals surface area contributed by atoms with Gasteiger partial charge in [-0.1, -0.05) is 54.6 Å². The number of benzene rings is 2. The Balaban J connectivity index is 1.79. The van der Waals surface area contributed by atoms with Crippen molar-refractivity contribution >= 4 is 0 Å². The highest BCUT2D eigenvalue weighted by Gasteiger charge is 2.16. The summed E-state index contributed by atoms with van der Waals surface area (Å²) in [6.45, 7) is 2.07. The van der Waals surface area contributed by atoms with Gasteiger partial charge in [0.2, 0.25) is 11.8 Å². The van der Waals surface area contributed by atoms with Gasteiger partial charge in [0.05, 0.1) is 6.42 Å². The van der Waals surface area contributed by atoms with Crippen LogP contribution in [0.3, 0.4) is 0 Å². The highest BCUT2D eigenvalue weighted by Crippen LogP contribution is 2.19. The molecule has 4 heteroatoms. The monoisotopic (exact) mass is 279 g/mol. The third-order valence-electron chi connectivity index (χ3n) is 3.51. The molecule has 0 amide bonds. The van der Waals surface area contributed by atoms with Gasteiger partial charge in [-0.3, -0.25) is 0 Å². The van der Waals surface area contributed by atoms with Crippen molar-refractivity contribution in [3.63, 3.8) is 0 Å². The average molecular weight is 279 g/mol. The van der Waals surface area contributed by atoms with E-state index in [4.69, 9.17) is 10.2 Å². The van der Waals surface area contributed by atoms with Crippen LogP contribution in [0.4, 0.5) is 0 Å². The molecule has 0 aliphatic heterocycles. The fourth-order valence-corrected chi connectivity index (χ4v) is 2.24. The van der Waals surface area contributed by atoms with E-state index in [0.29, 0.717) is 18.2 Å². The first kappa shape index (κ1) is 13.5. The van der Waals surface area contributed by atoms with Gasteiger partial charge >= 0.3 is 0 Å². The lowest BCUT2D eigenvalue weighted by Gasteiger charge is -2.06. The molecule has 0 aliphatic carbocycles. The minimum Gasteiger partial charge on any atom is -0.423 e. The number of aromatic nitrogens is 2. The van der Waals surface area contributed by atoms with Gasteiger partial charge in [0.25, 0.3) is 0 Å². The second-order valence-electron chi connectivity index (χ2n) is 5.03. The maximum atomic E-state index is 6.16. The van der Waals surface area contributed by atoms with Crippen molar-refractivity contribution in [2.45, 2.75) is 19.4 Å². The zero-order valence-corrected chi connectivity index (χ0v) is 11.9. The lowest BCUT2D eigenvalue weighted by atomic mass is 10.1. The summed E-state index contributed by atoms with van der Waals surface area (Å²) in [6, 6.07) is 17.5. The highest BCUT2D eigenvalue weighted by atomic mass is 16.4. The van der Waals surface area contributed by atoms with Crippen molar-refractivity contribution in [3.8, 4) is 0 Å². The minimum absolute atomic E-state index is 0.385. The standard InChI is InChI=1S/C17H17N3O/c1-12-7-5-6-10-14(12)11-15-19-20-17(21-15)16(18)13-8-3-2-4-9-13/h2-10,16H,11,18H2,1H3. The number of nitrogens with zero attached hydrogens (tertiary/aromatic N) is 2. The van der Waals surface area contributed by atoms with Crippen LogP contribution in [-0.2, 0) is 6.42 Å². The molecular weight excluding hydrogens is 262 g/mol. The fraction of sp³-hybridized carbons (Fsp3) is 0.176. The maximum Gasteiger partial charge on any atom is 0.237 e. The van der Waals surface area contributed by atoms with Crippen molar-refractivity contribution < 1.29 is 4.42 Å². The van der Waals surface area contributed by atoms with E-state index in [0.717, 1.165) is 5.56 Å². The summed E-state index contributed by atoms with van der Waals surface area (Å²) in [5, 5.41) is 8.18. The van der Waals surface area contributed by atoms with Crippen LogP contribution in [0.5, 0.6) is 0 Å².